The molecular weight excluding hydrogens is 440 g/mol. The number of hydrogen-bond acceptors (Lipinski definition) is 5. The van der Waals surface area contributed by atoms with Gasteiger partial charge in [-0.1, -0.05) is 45.8 Å². The summed E-state index contributed by atoms with van der Waals surface area (Å²) in [5, 5.41) is 33.8. The summed E-state index contributed by atoms with van der Waals surface area (Å²) >= 11 is 0. The van der Waals surface area contributed by atoms with Gasteiger partial charge in [-0.2, -0.15) is 0 Å². The van der Waals surface area contributed by atoms with Crippen LogP contribution in [0.25, 0.3) is 0 Å². The maximum atomic E-state index is 12.0. The first-order chi connectivity index (χ1) is 16.2. The molecule has 2 aliphatic heterocycles. The third-order valence-electron chi connectivity index (χ3n) is 13.0. The van der Waals surface area contributed by atoms with Gasteiger partial charge in [0.25, 0.3) is 0 Å². The fraction of sp³-hybridized carbons (Fsp3) is 0.933. The lowest BCUT2D eigenvalue weighted by Crippen LogP contribution is -2.61. The van der Waals surface area contributed by atoms with Gasteiger partial charge < -0.3 is 24.8 Å². The van der Waals surface area contributed by atoms with E-state index in [2.05, 4.69) is 48.5 Å². The van der Waals surface area contributed by atoms with Gasteiger partial charge in [0.15, 0.2) is 6.29 Å². The van der Waals surface area contributed by atoms with Crippen LogP contribution >= 0.6 is 0 Å². The van der Waals surface area contributed by atoms with E-state index >= 15 is 0 Å². The summed E-state index contributed by atoms with van der Waals surface area (Å²) in [5.41, 5.74) is 1.93. The number of aliphatic hydroxyl groups is 3. The topological polar surface area (TPSA) is 79.2 Å². The van der Waals surface area contributed by atoms with Gasteiger partial charge in [0.1, 0.15) is 0 Å². The first-order valence-electron chi connectivity index (χ1n) is 14.3. The van der Waals surface area contributed by atoms with Crippen molar-refractivity contribution in [3.8, 4) is 0 Å². The molecule has 0 amide bonds. The Bertz CT molecular complexity index is 939. The van der Waals surface area contributed by atoms with Crippen LogP contribution in [0, 0.1) is 39.4 Å². The average Bonchev–Trinajstić information content (AvgIpc) is 3.18. The van der Waals surface area contributed by atoms with E-state index in [0.717, 1.165) is 38.5 Å². The largest absolute Gasteiger partial charge is 0.392 e. The van der Waals surface area contributed by atoms with Crippen LogP contribution in [0.5, 0.6) is 0 Å². The Labute approximate surface area is 211 Å². The third kappa shape index (κ3) is 2.94. The van der Waals surface area contributed by atoms with Crippen LogP contribution in [0.15, 0.2) is 11.1 Å². The van der Waals surface area contributed by atoms with Gasteiger partial charge in [-0.05, 0) is 93.3 Å². The van der Waals surface area contributed by atoms with Crippen LogP contribution in [0.2, 0.25) is 0 Å². The fourth-order valence-corrected chi connectivity index (χ4v) is 10.8. The van der Waals surface area contributed by atoms with Crippen LogP contribution in [-0.2, 0) is 9.47 Å². The van der Waals surface area contributed by atoms with Crippen LogP contribution in [0.4, 0.5) is 0 Å². The van der Waals surface area contributed by atoms with Crippen LogP contribution in [-0.4, -0.2) is 51.6 Å². The minimum atomic E-state index is -0.720. The zero-order valence-electron chi connectivity index (χ0n) is 22.9. The van der Waals surface area contributed by atoms with E-state index in [4.69, 9.17) is 9.47 Å². The summed E-state index contributed by atoms with van der Waals surface area (Å²) in [4.78, 5) is 0. The Kier molecular flexibility index (Phi) is 5.21. The number of ether oxygens (including phenoxy) is 2. The first-order valence-corrected chi connectivity index (χ1v) is 14.3. The van der Waals surface area contributed by atoms with Crippen molar-refractivity contribution in [2.75, 3.05) is 0 Å². The van der Waals surface area contributed by atoms with Gasteiger partial charge in [-0.15, -0.1) is 0 Å². The van der Waals surface area contributed by atoms with Crippen molar-refractivity contribution >= 4 is 0 Å². The molecule has 0 aromatic heterocycles. The minimum Gasteiger partial charge on any atom is -0.392 e. The lowest BCUT2D eigenvalue weighted by molar-refractivity contribution is -0.180. The summed E-state index contributed by atoms with van der Waals surface area (Å²) in [6.45, 7) is 15.7. The summed E-state index contributed by atoms with van der Waals surface area (Å²) < 4.78 is 12.9. The molecule has 4 aliphatic carbocycles. The van der Waals surface area contributed by atoms with Crippen LogP contribution < -0.4 is 0 Å². The van der Waals surface area contributed by atoms with Crippen molar-refractivity contribution in [1.29, 1.82) is 0 Å². The van der Waals surface area contributed by atoms with Gasteiger partial charge in [-0.3, -0.25) is 0 Å². The van der Waals surface area contributed by atoms with Gasteiger partial charge in [0.2, 0.25) is 0 Å². The Morgan fingerprint density at radius 3 is 2.29 bits per heavy atom. The predicted molar refractivity (Wildman–Crippen MR) is 134 cm³/mol. The van der Waals surface area contributed by atoms with Crippen molar-refractivity contribution in [3.05, 3.63) is 11.1 Å². The molecule has 2 heterocycles. The predicted octanol–water partition coefficient (Wildman–Crippen LogP) is 4.97. The van der Waals surface area contributed by atoms with Gasteiger partial charge in [-0.25, -0.2) is 0 Å². The second kappa shape index (κ2) is 7.34. The summed E-state index contributed by atoms with van der Waals surface area (Å²) in [7, 11) is 0. The molecule has 0 aromatic rings. The Hall–Kier alpha value is -0.460. The van der Waals surface area contributed by atoms with Gasteiger partial charge in [0.05, 0.1) is 30.0 Å². The number of fused-ring (bicyclic) bond motifs is 6. The molecule has 5 heteroatoms. The molecule has 11 unspecified atom stereocenters. The Morgan fingerprint density at radius 1 is 0.857 bits per heavy atom. The highest BCUT2D eigenvalue weighted by atomic mass is 16.7. The molecule has 198 valence electrons. The smallest absolute Gasteiger partial charge is 0.162 e. The molecule has 6 rings (SSSR count). The minimum absolute atomic E-state index is 0.0607. The monoisotopic (exact) mass is 488 g/mol. The van der Waals surface area contributed by atoms with Crippen molar-refractivity contribution in [1.82, 2.24) is 0 Å². The second-order valence-electron chi connectivity index (χ2n) is 14.9. The SMILES string of the molecule is CC1(C)OC2OC1CCC2C1CCC2(C)C3=C(CC(O)C12C)C1(C)CC(O)C(O)C(C)(C)C1CC3. The van der Waals surface area contributed by atoms with Gasteiger partial charge in [0, 0.05) is 11.3 Å². The van der Waals surface area contributed by atoms with Crippen LogP contribution in [0.1, 0.15) is 99.8 Å². The molecule has 5 nitrogen and oxygen atoms in total. The van der Waals surface area contributed by atoms with Crippen molar-refractivity contribution in [2.24, 2.45) is 39.4 Å². The Morgan fingerprint density at radius 2 is 1.57 bits per heavy atom. The Balaban J connectivity index is 1.39. The quantitative estimate of drug-likeness (QED) is 0.454. The average molecular weight is 489 g/mol. The lowest BCUT2D eigenvalue weighted by Gasteiger charge is -2.64. The molecule has 0 aromatic carbocycles. The van der Waals surface area contributed by atoms with E-state index in [9.17, 15) is 15.3 Å². The standard InChI is InChI=1S/C30H48O5/c1-26(2)21-10-9-18-19(28(21,5)15-20(31)24(26)33)14-22(32)30(7)17(12-13-29(18,30)6)16-8-11-23-27(3,4)35-25(16)34-23/h16-17,20-25,31-33H,8-15H2,1-7H3. The van der Waals surface area contributed by atoms with E-state index < -0.39 is 18.3 Å². The molecule has 11 atom stereocenters. The number of allylic oxidation sites excluding steroid dienone is 1. The molecule has 0 spiro atoms. The van der Waals surface area contributed by atoms with E-state index in [-0.39, 0.29) is 39.7 Å². The molecule has 35 heavy (non-hydrogen) atoms. The first kappa shape index (κ1) is 24.9. The molecule has 3 N–H and O–H groups in total. The molecule has 4 fully saturated rings. The van der Waals surface area contributed by atoms with E-state index in [0.29, 0.717) is 30.6 Å². The van der Waals surface area contributed by atoms with E-state index in [1.165, 1.54) is 5.57 Å². The highest BCUT2D eigenvalue weighted by molar-refractivity contribution is 5.40. The highest BCUT2D eigenvalue weighted by Crippen LogP contribution is 2.73. The summed E-state index contributed by atoms with van der Waals surface area (Å²) in [6.07, 6.45) is 5.92. The lowest BCUT2D eigenvalue weighted by atomic mass is 9.42. The van der Waals surface area contributed by atoms with Crippen molar-refractivity contribution in [3.63, 3.8) is 0 Å². The van der Waals surface area contributed by atoms with E-state index in [1.807, 2.05) is 0 Å². The van der Waals surface area contributed by atoms with Crippen molar-refractivity contribution in [2.45, 2.75) is 136 Å². The summed E-state index contributed by atoms with van der Waals surface area (Å²) in [5.74, 6) is 1.01. The molecule has 2 saturated heterocycles. The molecule has 0 radical (unpaired) electrons. The van der Waals surface area contributed by atoms with Gasteiger partial charge >= 0.3 is 0 Å². The maximum Gasteiger partial charge on any atom is 0.162 e. The zero-order chi connectivity index (χ0) is 25.3. The molecule has 2 saturated carbocycles. The normalized spacial score (nSPS) is 56.4. The third-order valence-corrected chi connectivity index (χ3v) is 13.0. The van der Waals surface area contributed by atoms with E-state index in [1.54, 1.807) is 5.57 Å². The number of rotatable bonds is 1. The summed E-state index contributed by atoms with van der Waals surface area (Å²) in [6, 6.07) is 0. The molecule has 6 aliphatic rings. The highest BCUT2D eigenvalue weighted by Gasteiger charge is 2.68. The molecule has 2 bridgehead atoms. The van der Waals surface area contributed by atoms with Crippen molar-refractivity contribution < 1.29 is 24.8 Å². The second-order valence-corrected chi connectivity index (χ2v) is 14.9. The number of aliphatic hydroxyl groups excluding tert-OH is 3. The molecular formula is C30H48O5. The maximum absolute atomic E-state index is 12.0. The fourth-order valence-electron chi connectivity index (χ4n) is 10.8. The van der Waals surface area contributed by atoms with Crippen LogP contribution in [0.3, 0.4) is 0 Å². The number of hydrogen-bond donors (Lipinski definition) is 3. The zero-order valence-corrected chi connectivity index (χ0v) is 22.9.